The minimum Gasteiger partial charge on any atom is -0.463 e. The fraction of sp³-hybridized carbons (Fsp3) is 0.438. The van der Waals surface area contributed by atoms with E-state index in [2.05, 4.69) is 12.1 Å². The zero-order chi connectivity index (χ0) is 13.7. The van der Waals surface area contributed by atoms with Crippen LogP contribution in [0.15, 0.2) is 42.5 Å². The molecule has 0 radical (unpaired) electrons. The number of hydrogen-bond donors (Lipinski definition) is 1. The molecule has 1 aliphatic rings. The fourth-order valence-electron chi connectivity index (χ4n) is 2.43. The third-order valence-corrected chi connectivity index (χ3v) is 3.68. The topological polar surface area (TPSA) is 46.5 Å². The van der Waals surface area contributed by atoms with Crippen LogP contribution in [0.1, 0.15) is 31.7 Å². The van der Waals surface area contributed by atoms with Crippen LogP contribution >= 0.6 is 0 Å². The Hall–Kier alpha value is -1.61. The van der Waals surface area contributed by atoms with Crippen molar-refractivity contribution in [3.05, 3.63) is 48.0 Å². The first-order valence-corrected chi connectivity index (χ1v) is 6.76. The smallest absolute Gasteiger partial charge is 0.330 e. The van der Waals surface area contributed by atoms with E-state index >= 15 is 0 Å². The van der Waals surface area contributed by atoms with E-state index in [1.807, 2.05) is 18.2 Å². The second-order valence-electron chi connectivity index (χ2n) is 4.93. The van der Waals surface area contributed by atoms with Gasteiger partial charge in [-0.25, -0.2) is 4.79 Å². The minimum atomic E-state index is -0.444. The summed E-state index contributed by atoms with van der Waals surface area (Å²) in [4.78, 5) is 11.2. The minimum absolute atomic E-state index is 0.111. The number of hydrogen-bond acceptors (Lipinski definition) is 3. The monoisotopic (exact) mass is 260 g/mol. The van der Waals surface area contributed by atoms with Crippen LogP contribution in [0.5, 0.6) is 0 Å². The first-order chi connectivity index (χ1) is 9.19. The summed E-state index contributed by atoms with van der Waals surface area (Å²) >= 11 is 0. The fourth-order valence-corrected chi connectivity index (χ4v) is 2.43. The average Bonchev–Trinajstić information content (AvgIpc) is 3.21. The van der Waals surface area contributed by atoms with E-state index in [1.54, 1.807) is 13.0 Å². The third-order valence-electron chi connectivity index (χ3n) is 3.68. The standard InChI is InChI=1S/C16H20O3/c1-2-19-15(18)10-6-9-14(17)16(11-12-16)13-7-4-3-5-8-13/h3-8,10,14,17H,2,9,11-12H2,1H3/b10-6+/t14-/m1/s1. The molecule has 2 rings (SSSR count). The van der Waals surface area contributed by atoms with E-state index in [-0.39, 0.29) is 11.4 Å². The summed E-state index contributed by atoms with van der Waals surface area (Å²) in [7, 11) is 0. The van der Waals surface area contributed by atoms with Crippen molar-refractivity contribution in [2.45, 2.75) is 37.7 Å². The normalized spacial score (nSPS) is 18.2. The molecular weight excluding hydrogens is 240 g/mol. The number of ether oxygens (including phenoxy) is 1. The molecule has 0 saturated heterocycles. The van der Waals surface area contributed by atoms with E-state index in [4.69, 9.17) is 4.74 Å². The van der Waals surface area contributed by atoms with Gasteiger partial charge in [0.2, 0.25) is 0 Å². The van der Waals surface area contributed by atoms with E-state index < -0.39 is 6.10 Å². The van der Waals surface area contributed by atoms with Gasteiger partial charge in [-0.3, -0.25) is 0 Å². The van der Waals surface area contributed by atoms with Gasteiger partial charge in [-0.15, -0.1) is 0 Å². The molecule has 3 heteroatoms. The SMILES string of the molecule is CCOC(=O)/C=C/C[C@@H](O)C1(c2ccccc2)CC1. The van der Waals surface area contributed by atoms with Crippen molar-refractivity contribution in [3.8, 4) is 0 Å². The summed E-state index contributed by atoms with van der Waals surface area (Å²) in [6.45, 7) is 2.15. The van der Waals surface area contributed by atoms with Crippen LogP contribution < -0.4 is 0 Å². The molecule has 19 heavy (non-hydrogen) atoms. The van der Waals surface area contributed by atoms with Crippen molar-refractivity contribution >= 4 is 5.97 Å². The van der Waals surface area contributed by atoms with Crippen LogP contribution in [0.2, 0.25) is 0 Å². The van der Waals surface area contributed by atoms with Crippen molar-refractivity contribution in [2.75, 3.05) is 6.61 Å². The summed E-state index contributed by atoms with van der Waals surface area (Å²) in [6, 6.07) is 10.1. The van der Waals surface area contributed by atoms with Crippen molar-refractivity contribution in [3.63, 3.8) is 0 Å². The van der Waals surface area contributed by atoms with Gasteiger partial charge >= 0.3 is 5.97 Å². The summed E-state index contributed by atoms with van der Waals surface area (Å²) in [6.07, 6.45) is 5.14. The second kappa shape index (κ2) is 6.02. The summed E-state index contributed by atoms with van der Waals surface area (Å²) < 4.78 is 4.80. The molecule has 1 N–H and O–H groups in total. The Morgan fingerprint density at radius 1 is 1.42 bits per heavy atom. The Kier molecular flexibility index (Phi) is 4.38. The molecule has 1 atom stereocenters. The lowest BCUT2D eigenvalue weighted by Gasteiger charge is -2.21. The molecule has 102 valence electrons. The van der Waals surface area contributed by atoms with Crippen molar-refractivity contribution < 1.29 is 14.6 Å². The molecule has 3 nitrogen and oxygen atoms in total. The van der Waals surface area contributed by atoms with Crippen molar-refractivity contribution in [1.29, 1.82) is 0 Å². The lowest BCUT2D eigenvalue weighted by molar-refractivity contribution is -0.137. The Bertz CT molecular complexity index is 446. The Balaban J connectivity index is 1.94. The van der Waals surface area contributed by atoms with Crippen LogP contribution in [-0.4, -0.2) is 23.8 Å². The number of carbonyl (C=O) groups excluding carboxylic acids is 1. The van der Waals surface area contributed by atoms with Gasteiger partial charge in [0, 0.05) is 11.5 Å². The predicted molar refractivity (Wildman–Crippen MR) is 73.8 cm³/mol. The summed E-state index contributed by atoms with van der Waals surface area (Å²) in [5, 5.41) is 10.3. The van der Waals surface area contributed by atoms with E-state index in [0.717, 1.165) is 12.8 Å². The largest absolute Gasteiger partial charge is 0.463 e. The molecule has 1 aromatic carbocycles. The van der Waals surface area contributed by atoms with Gasteiger partial charge < -0.3 is 9.84 Å². The van der Waals surface area contributed by atoms with Crippen molar-refractivity contribution in [1.82, 2.24) is 0 Å². The molecule has 1 aromatic rings. The third kappa shape index (κ3) is 3.24. The number of aliphatic hydroxyl groups is 1. The number of carbonyl (C=O) groups is 1. The number of rotatable bonds is 6. The van der Waals surface area contributed by atoms with Crippen molar-refractivity contribution in [2.24, 2.45) is 0 Å². The molecule has 0 unspecified atom stereocenters. The van der Waals surface area contributed by atoms with Crippen LogP contribution in [0.25, 0.3) is 0 Å². The number of benzene rings is 1. The van der Waals surface area contributed by atoms with E-state index in [0.29, 0.717) is 13.0 Å². The van der Waals surface area contributed by atoms with Gasteiger partial charge in [-0.05, 0) is 31.7 Å². The van der Waals surface area contributed by atoms with E-state index in [1.165, 1.54) is 11.6 Å². The van der Waals surface area contributed by atoms with Gasteiger partial charge in [0.25, 0.3) is 0 Å². The number of aliphatic hydroxyl groups excluding tert-OH is 1. The maximum absolute atomic E-state index is 11.2. The molecule has 0 bridgehead atoms. The highest BCUT2D eigenvalue weighted by atomic mass is 16.5. The lowest BCUT2D eigenvalue weighted by atomic mass is 9.88. The highest BCUT2D eigenvalue weighted by Gasteiger charge is 2.49. The molecule has 0 aromatic heterocycles. The summed E-state index contributed by atoms with van der Waals surface area (Å²) in [5.41, 5.74) is 1.08. The average molecular weight is 260 g/mol. The zero-order valence-corrected chi connectivity index (χ0v) is 11.2. The highest BCUT2D eigenvalue weighted by Crippen LogP contribution is 2.51. The first kappa shape index (κ1) is 13.8. The zero-order valence-electron chi connectivity index (χ0n) is 11.2. The van der Waals surface area contributed by atoms with Crippen LogP contribution in [0, 0.1) is 0 Å². The Labute approximate surface area is 113 Å². The molecule has 1 fully saturated rings. The Morgan fingerprint density at radius 3 is 2.68 bits per heavy atom. The molecule has 0 heterocycles. The first-order valence-electron chi connectivity index (χ1n) is 6.76. The molecule has 0 aliphatic heterocycles. The van der Waals surface area contributed by atoms with E-state index in [9.17, 15) is 9.90 Å². The molecule has 1 saturated carbocycles. The maximum Gasteiger partial charge on any atom is 0.330 e. The van der Waals surface area contributed by atoms with Gasteiger partial charge in [-0.2, -0.15) is 0 Å². The van der Waals surface area contributed by atoms with Crippen LogP contribution in [-0.2, 0) is 14.9 Å². The highest BCUT2D eigenvalue weighted by molar-refractivity contribution is 5.81. The molecule has 0 spiro atoms. The number of esters is 1. The van der Waals surface area contributed by atoms with Gasteiger partial charge in [0.1, 0.15) is 0 Å². The molecular formula is C16H20O3. The predicted octanol–water partition coefficient (Wildman–Crippen LogP) is 2.59. The Morgan fingerprint density at radius 2 is 2.11 bits per heavy atom. The molecule has 1 aliphatic carbocycles. The lowest BCUT2D eigenvalue weighted by Crippen LogP contribution is -2.25. The van der Waals surface area contributed by atoms with Gasteiger partial charge in [-0.1, -0.05) is 36.4 Å². The van der Waals surface area contributed by atoms with Gasteiger partial charge in [0.05, 0.1) is 12.7 Å². The van der Waals surface area contributed by atoms with Crippen LogP contribution in [0.3, 0.4) is 0 Å². The van der Waals surface area contributed by atoms with Gasteiger partial charge in [0.15, 0.2) is 0 Å². The molecule has 0 amide bonds. The second-order valence-corrected chi connectivity index (χ2v) is 4.93. The maximum atomic E-state index is 11.2. The quantitative estimate of drug-likeness (QED) is 0.631. The van der Waals surface area contributed by atoms with Crippen LogP contribution in [0.4, 0.5) is 0 Å². The summed E-state index contributed by atoms with van der Waals surface area (Å²) in [5.74, 6) is -0.348.